The lowest BCUT2D eigenvalue weighted by atomic mass is 10.1. The van der Waals surface area contributed by atoms with E-state index in [-0.39, 0.29) is 0 Å². The van der Waals surface area contributed by atoms with Gasteiger partial charge in [0, 0.05) is 17.6 Å². The summed E-state index contributed by atoms with van der Waals surface area (Å²) in [5.41, 5.74) is 10.9. The van der Waals surface area contributed by atoms with Crippen LogP contribution in [-0.4, -0.2) is 25.0 Å². The van der Waals surface area contributed by atoms with E-state index in [0.717, 1.165) is 39.3 Å². The Morgan fingerprint density at radius 1 is 1.17 bits per heavy atom. The van der Waals surface area contributed by atoms with Crippen molar-refractivity contribution in [3.8, 4) is 0 Å². The highest BCUT2D eigenvalue weighted by Crippen LogP contribution is 2.21. The van der Waals surface area contributed by atoms with Crippen LogP contribution in [0.25, 0.3) is 11.2 Å². The van der Waals surface area contributed by atoms with Gasteiger partial charge in [0.15, 0.2) is 5.65 Å². The van der Waals surface area contributed by atoms with E-state index in [9.17, 15) is 0 Å². The number of rotatable bonds is 4. The molecule has 0 spiro atoms. The van der Waals surface area contributed by atoms with Gasteiger partial charge in [-0.25, -0.2) is 4.98 Å². The van der Waals surface area contributed by atoms with Gasteiger partial charge in [-0.1, -0.05) is 29.8 Å². The number of aromatic amines is 2. The second kappa shape index (κ2) is 5.48. The second-order valence-corrected chi connectivity index (χ2v) is 5.90. The summed E-state index contributed by atoms with van der Waals surface area (Å²) in [5, 5.41) is 11.1. The first kappa shape index (κ1) is 13.9. The molecule has 0 aliphatic carbocycles. The van der Waals surface area contributed by atoms with Crippen LogP contribution in [-0.2, 0) is 13.0 Å². The normalized spacial score (nSPS) is 11.3. The predicted molar refractivity (Wildman–Crippen MR) is 90.4 cm³/mol. The Balaban J connectivity index is 1.56. The zero-order chi connectivity index (χ0) is 15.8. The lowest BCUT2D eigenvalue weighted by Crippen LogP contribution is -2.03. The Morgan fingerprint density at radius 3 is 2.83 bits per heavy atom. The van der Waals surface area contributed by atoms with Crippen molar-refractivity contribution in [3.05, 3.63) is 64.4 Å². The number of hydrogen-bond donors (Lipinski definition) is 3. The van der Waals surface area contributed by atoms with E-state index in [0.29, 0.717) is 12.4 Å². The number of hydrogen-bond acceptors (Lipinski definition) is 3. The van der Waals surface area contributed by atoms with Crippen LogP contribution >= 0.6 is 11.6 Å². The molecule has 23 heavy (non-hydrogen) atoms. The molecule has 0 saturated carbocycles. The molecule has 7 heteroatoms. The molecule has 1 aromatic carbocycles. The van der Waals surface area contributed by atoms with Gasteiger partial charge in [0.2, 0.25) is 0 Å². The summed E-state index contributed by atoms with van der Waals surface area (Å²) < 4.78 is 1.89. The maximum Gasteiger partial charge on any atom is 0.172 e. The van der Waals surface area contributed by atoms with E-state index in [1.165, 1.54) is 0 Å². The number of nitrogens with zero attached hydrogens (tertiary/aromatic N) is 3. The Hall–Kier alpha value is -2.73. The van der Waals surface area contributed by atoms with Gasteiger partial charge in [-0.05, 0) is 28.8 Å². The van der Waals surface area contributed by atoms with E-state index >= 15 is 0 Å². The van der Waals surface area contributed by atoms with Crippen molar-refractivity contribution < 1.29 is 0 Å². The summed E-state index contributed by atoms with van der Waals surface area (Å²) in [4.78, 5) is 4.20. The van der Waals surface area contributed by atoms with E-state index < -0.39 is 0 Å². The first-order valence-electron chi connectivity index (χ1n) is 7.25. The molecular weight excluding hydrogens is 312 g/mol. The summed E-state index contributed by atoms with van der Waals surface area (Å²) in [6.45, 7) is 0.649. The van der Waals surface area contributed by atoms with Crippen LogP contribution < -0.4 is 5.73 Å². The zero-order valence-electron chi connectivity index (χ0n) is 12.3. The molecule has 0 saturated heterocycles. The third kappa shape index (κ3) is 2.68. The fraction of sp³-hybridized carbons (Fsp3) is 0.125. The molecule has 0 radical (unpaired) electrons. The molecular formula is C16H15ClN6. The molecule has 6 nitrogen and oxygen atoms in total. The molecule has 0 unspecified atom stereocenters. The first-order valence-corrected chi connectivity index (χ1v) is 7.63. The van der Waals surface area contributed by atoms with Crippen molar-refractivity contribution in [1.82, 2.24) is 25.0 Å². The maximum atomic E-state index is 6.20. The standard InChI is InChI=1S/C16H15ClN6/c17-13-4-2-1-3-11(13)9-23-8-10(7-19-23)5-12-6-14(18)20-16-15(12)21-22-16/h1-4,6-8,21H,5,9H2,(H3,18,20,22). The van der Waals surface area contributed by atoms with Crippen LogP contribution in [0.5, 0.6) is 0 Å². The number of nitrogens with two attached hydrogens (primary N) is 1. The van der Waals surface area contributed by atoms with Crippen LogP contribution in [0, 0.1) is 0 Å². The highest BCUT2D eigenvalue weighted by Gasteiger charge is 2.10. The smallest absolute Gasteiger partial charge is 0.172 e. The highest BCUT2D eigenvalue weighted by molar-refractivity contribution is 6.31. The topological polar surface area (TPSA) is 88.3 Å². The second-order valence-electron chi connectivity index (χ2n) is 5.49. The number of fused-ring (bicyclic) bond motifs is 1. The number of aromatic nitrogens is 5. The van der Waals surface area contributed by atoms with Crippen LogP contribution in [0.3, 0.4) is 0 Å². The van der Waals surface area contributed by atoms with Gasteiger partial charge in [-0.3, -0.25) is 14.9 Å². The third-order valence-electron chi connectivity index (χ3n) is 3.80. The summed E-state index contributed by atoms with van der Waals surface area (Å²) in [6, 6.07) is 9.68. The minimum atomic E-state index is 0.510. The van der Waals surface area contributed by atoms with Gasteiger partial charge in [-0.15, -0.1) is 0 Å². The van der Waals surface area contributed by atoms with Gasteiger partial charge in [0.25, 0.3) is 0 Å². The fourth-order valence-electron chi connectivity index (χ4n) is 2.65. The number of pyridine rings is 1. The van der Waals surface area contributed by atoms with Crippen molar-refractivity contribution in [2.75, 3.05) is 5.73 Å². The molecule has 4 N–H and O–H groups in total. The van der Waals surface area contributed by atoms with Crippen molar-refractivity contribution in [1.29, 1.82) is 0 Å². The summed E-state index contributed by atoms with van der Waals surface area (Å²) in [5.74, 6) is 0.510. The Labute approximate surface area is 137 Å². The first-order chi connectivity index (χ1) is 11.2. The Bertz CT molecular complexity index is 964. The molecule has 4 rings (SSSR count). The average Bonchev–Trinajstić information content (AvgIpc) is 2.92. The molecule has 3 aromatic heterocycles. The van der Waals surface area contributed by atoms with E-state index in [2.05, 4.69) is 20.3 Å². The minimum Gasteiger partial charge on any atom is -0.384 e. The van der Waals surface area contributed by atoms with Crippen molar-refractivity contribution in [2.45, 2.75) is 13.0 Å². The lowest BCUT2D eigenvalue weighted by molar-refractivity contribution is 0.686. The number of H-pyrrole nitrogens is 2. The average molecular weight is 327 g/mol. The predicted octanol–water partition coefficient (Wildman–Crippen LogP) is 2.96. The third-order valence-corrected chi connectivity index (χ3v) is 4.17. The SMILES string of the molecule is Nc1cc(Cc2cnn(Cc3ccccc3Cl)c2)c2[nH][nH]c2n1. The largest absolute Gasteiger partial charge is 0.384 e. The lowest BCUT2D eigenvalue weighted by Gasteiger charge is -2.09. The van der Waals surface area contributed by atoms with Gasteiger partial charge in [0.1, 0.15) is 11.3 Å². The Morgan fingerprint density at radius 2 is 2.04 bits per heavy atom. The van der Waals surface area contributed by atoms with Crippen LogP contribution in [0.2, 0.25) is 5.02 Å². The van der Waals surface area contributed by atoms with Crippen molar-refractivity contribution in [3.63, 3.8) is 0 Å². The van der Waals surface area contributed by atoms with E-state index in [1.54, 1.807) is 0 Å². The quantitative estimate of drug-likeness (QED) is 0.538. The molecule has 0 atom stereocenters. The van der Waals surface area contributed by atoms with E-state index in [1.807, 2.05) is 47.4 Å². The maximum absolute atomic E-state index is 6.20. The molecule has 0 aliphatic heterocycles. The van der Waals surface area contributed by atoms with Gasteiger partial charge in [-0.2, -0.15) is 5.10 Å². The van der Waals surface area contributed by atoms with Crippen molar-refractivity contribution in [2.24, 2.45) is 0 Å². The van der Waals surface area contributed by atoms with Crippen molar-refractivity contribution >= 4 is 28.6 Å². The van der Waals surface area contributed by atoms with E-state index in [4.69, 9.17) is 17.3 Å². The van der Waals surface area contributed by atoms with Crippen LogP contribution in [0.4, 0.5) is 5.82 Å². The number of benzene rings is 1. The van der Waals surface area contributed by atoms with Crippen LogP contribution in [0.1, 0.15) is 16.7 Å². The summed E-state index contributed by atoms with van der Waals surface area (Å²) in [6.07, 6.45) is 4.64. The number of halogens is 1. The number of anilines is 1. The summed E-state index contributed by atoms with van der Waals surface area (Å²) in [7, 11) is 0. The number of nitrogen functional groups attached to an aromatic ring is 1. The molecule has 0 fully saturated rings. The Kier molecular flexibility index (Phi) is 3.31. The zero-order valence-corrected chi connectivity index (χ0v) is 13.0. The molecule has 0 amide bonds. The monoisotopic (exact) mass is 326 g/mol. The molecule has 0 aliphatic rings. The highest BCUT2D eigenvalue weighted by atomic mass is 35.5. The molecule has 116 valence electrons. The molecule has 3 heterocycles. The molecule has 0 bridgehead atoms. The van der Waals surface area contributed by atoms with Gasteiger partial charge >= 0.3 is 0 Å². The van der Waals surface area contributed by atoms with Gasteiger partial charge in [0.05, 0.1) is 12.7 Å². The summed E-state index contributed by atoms with van der Waals surface area (Å²) >= 11 is 6.20. The van der Waals surface area contributed by atoms with Gasteiger partial charge < -0.3 is 5.73 Å². The fourth-order valence-corrected chi connectivity index (χ4v) is 2.85. The number of nitrogens with one attached hydrogen (secondary N) is 2. The van der Waals surface area contributed by atoms with Crippen LogP contribution in [0.15, 0.2) is 42.7 Å². The molecule has 4 aromatic rings. The minimum absolute atomic E-state index is 0.510.